The molecule has 0 unspecified atom stereocenters. The van der Waals surface area contributed by atoms with E-state index in [4.69, 9.17) is 0 Å². The Balaban J connectivity index is 1.75. The first-order valence-corrected chi connectivity index (χ1v) is 6.91. The molecule has 0 aliphatic heterocycles. The summed E-state index contributed by atoms with van der Waals surface area (Å²) in [5.41, 5.74) is 3.59. The van der Waals surface area contributed by atoms with Crippen molar-refractivity contribution < 1.29 is 9.36 Å². The Hall–Kier alpha value is -2.16. The second-order valence-electron chi connectivity index (χ2n) is 5.13. The van der Waals surface area contributed by atoms with Crippen molar-refractivity contribution in [2.45, 2.75) is 33.4 Å². The number of amides is 1. The zero-order chi connectivity index (χ0) is 14.4. The van der Waals surface area contributed by atoms with Gasteiger partial charge >= 0.3 is 0 Å². The van der Waals surface area contributed by atoms with E-state index in [1.807, 2.05) is 41.2 Å². The summed E-state index contributed by atoms with van der Waals surface area (Å²) < 4.78 is 2.03. The van der Waals surface area contributed by atoms with Gasteiger partial charge in [0.1, 0.15) is 0 Å². The maximum absolute atomic E-state index is 11.8. The van der Waals surface area contributed by atoms with Crippen LogP contribution in [0.3, 0.4) is 0 Å². The summed E-state index contributed by atoms with van der Waals surface area (Å²) in [6.07, 6.45) is 4.50. The number of aryl methyl sites for hydroxylation is 3. The van der Waals surface area contributed by atoms with Crippen LogP contribution in [0.25, 0.3) is 0 Å². The molecule has 0 aliphatic rings. The van der Waals surface area contributed by atoms with E-state index in [1.165, 1.54) is 11.1 Å². The summed E-state index contributed by atoms with van der Waals surface area (Å²) in [5.74, 6) is 0.0821. The normalized spacial score (nSPS) is 10.3. The first-order chi connectivity index (χ1) is 9.63. The van der Waals surface area contributed by atoms with Gasteiger partial charge in [-0.25, -0.2) is 4.57 Å². The van der Waals surface area contributed by atoms with Crippen molar-refractivity contribution in [3.8, 4) is 0 Å². The molecule has 2 rings (SSSR count). The van der Waals surface area contributed by atoms with Gasteiger partial charge in [-0.15, -0.1) is 0 Å². The highest BCUT2D eigenvalue weighted by Gasteiger charge is 2.06. The van der Waals surface area contributed by atoms with Crippen LogP contribution in [0, 0.1) is 13.8 Å². The molecule has 0 radical (unpaired) electrons. The van der Waals surface area contributed by atoms with Gasteiger partial charge in [0.2, 0.25) is 5.91 Å². The van der Waals surface area contributed by atoms with Gasteiger partial charge in [-0.05, 0) is 25.0 Å². The van der Waals surface area contributed by atoms with E-state index >= 15 is 0 Å². The Morgan fingerprint density at radius 2 is 1.60 bits per heavy atom. The van der Waals surface area contributed by atoms with E-state index < -0.39 is 0 Å². The molecule has 0 bridgehead atoms. The summed E-state index contributed by atoms with van der Waals surface area (Å²) in [6, 6.07) is 12.3. The molecule has 0 spiro atoms. The minimum absolute atomic E-state index is 0.0821. The van der Waals surface area contributed by atoms with Crippen LogP contribution >= 0.6 is 0 Å². The molecule has 0 saturated carbocycles. The molecule has 1 aromatic carbocycles. The Kier molecular flexibility index (Phi) is 4.88. The Morgan fingerprint density at radius 3 is 2.25 bits per heavy atom. The number of aromatic nitrogens is 1. The highest BCUT2D eigenvalue weighted by Crippen LogP contribution is 2.02. The maximum Gasteiger partial charge on any atom is 0.226 e. The number of pyridine rings is 1. The number of hydrogen-bond acceptors (Lipinski definition) is 1. The molecule has 3 heteroatoms. The average molecular weight is 269 g/mol. The van der Waals surface area contributed by atoms with Gasteiger partial charge in [0.25, 0.3) is 0 Å². The van der Waals surface area contributed by atoms with Crippen LogP contribution in [0.4, 0.5) is 0 Å². The van der Waals surface area contributed by atoms with Gasteiger partial charge in [-0.1, -0.05) is 29.8 Å². The molecule has 0 fully saturated rings. The van der Waals surface area contributed by atoms with Crippen molar-refractivity contribution in [3.63, 3.8) is 0 Å². The van der Waals surface area contributed by atoms with Gasteiger partial charge in [-0.2, -0.15) is 0 Å². The lowest BCUT2D eigenvalue weighted by Gasteiger charge is -2.04. The predicted molar refractivity (Wildman–Crippen MR) is 79.0 cm³/mol. The maximum atomic E-state index is 11.8. The van der Waals surface area contributed by atoms with Gasteiger partial charge in [0, 0.05) is 18.7 Å². The minimum Gasteiger partial charge on any atom is -0.352 e. The Morgan fingerprint density at radius 1 is 1.00 bits per heavy atom. The lowest BCUT2D eigenvalue weighted by atomic mass is 10.1. The number of carbonyl (C=O) groups is 1. The van der Waals surface area contributed by atoms with Crippen molar-refractivity contribution in [2.24, 2.45) is 0 Å². The zero-order valence-corrected chi connectivity index (χ0v) is 12.1. The molecular formula is C17H21N2O+. The highest BCUT2D eigenvalue weighted by molar-refractivity contribution is 5.75. The minimum atomic E-state index is 0.0821. The van der Waals surface area contributed by atoms with E-state index in [0.717, 1.165) is 5.56 Å². The summed E-state index contributed by atoms with van der Waals surface area (Å²) >= 11 is 0. The Labute approximate surface area is 120 Å². The smallest absolute Gasteiger partial charge is 0.226 e. The third kappa shape index (κ3) is 4.50. The quantitative estimate of drug-likeness (QED) is 0.830. The number of carbonyl (C=O) groups excluding carboxylic acids is 1. The summed E-state index contributed by atoms with van der Waals surface area (Å²) in [6.45, 7) is 5.41. The third-order valence-electron chi connectivity index (χ3n) is 3.27. The topological polar surface area (TPSA) is 33.0 Å². The molecule has 104 valence electrons. The molecule has 3 nitrogen and oxygen atoms in total. The van der Waals surface area contributed by atoms with Crippen LogP contribution in [-0.2, 0) is 17.9 Å². The average Bonchev–Trinajstić information content (AvgIpc) is 2.46. The van der Waals surface area contributed by atoms with E-state index in [-0.39, 0.29) is 5.91 Å². The predicted octanol–water partition coefficient (Wildman–Crippen LogP) is 2.30. The summed E-state index contributed by atoms with van der Waals surface area (Å²) in [4.78, 5) is 11.8. The van der Waals surface area contributed by atoms with Crippen LogP contribution in [0.5, 0.6) is 0 Å². The monoisotopic (exact) mass is 269 g/mol. The lowest BCUT2D eigenvalue weighted by Crippen LogP contribution is -2.36. The zero-order valence-electron chi connectivity index (χ0n) is 12.1. The molecule has 1 heterocycles. The van der Waals surface area contributed by atoms with Crippen molar-refractivity contribution >= 4 is 5.91 Å². The number of nitrogens with one attached hydrogen (secondary N) is 1. The first-order valence-electron chi connectivity index (χ1n) is 6.91. The fourth-order valence-corrected chi connectivity index (χ4v) is 1.91. The van der Waals surface area contributed by atoms with Crippen LogP contribution < -0.4 is 9.88 Å². The fourth-order valence-electron chi connectivity index (χ4n) is 1.91. The first kappa shape index (κ1) is 14.3. The van der Waals surface area contributed by atoms with E-state index in [2.05, 4.69) is 31.3 Å². The molecule has 0 aliphatic carbocycles. The summed E-state index contributed by atoms with van der Waals surface area (Å²) in [5, 5.41) is 2.95. The fraction of sp³-hybridized carbons (Fsp3) is 0.294. The van der Waals surface area contributed by atoms with Crippen LogP contribution in [0.2, 0.25) is 0 Å². The van der Waals surface area contributed by atoms with Crippen LogP contribution in [-0.4, -0.2) is 5.91 Å². The SMILES string of the molecule is Cc1ccc(CNC(=O)CC[n+]2ccc(C)cc2)cc1. The molecule has 0 atom stereocenters. The standard InChI is InChI=1S/C17H20N2O/c1-14-3-5-16(6-4-14)13-18-17(20)9-12-19-10-7-15(2)8-11-19/h3-8,10-11H,9,12-13H2,1-2H3/p+1. The molecule has 0 saturated heterocycles. The number of benzene rings is 1. The van der Waals surface area contributed by atoms with Crippen molar-refractivity contribution in [1.82, 2.24) is 5.32 Å². The number of rotatable bonds is 5. The van der Waals surface area contributed by atoms with Gasteiger partial charge < -0.3 is 5.32 Å². The van der Waals surface area contributed by atoms with Crippen molar-refractivity contribution in [2.75, 3.05) is 0 Å². The van der Waals surface area contributed by atoms with E-state index in [9.17, 15) is 4.79 Å². The lowest BCUT2D eigenvalue weighted by molar-refractivity contribution is -0.695. The van der Waals surface area contributed by atoms with E-state index in [1.54, 1.807) is 0 Å². The van der Waals surface area contributed by atoms with Crippen LogP contribution in [0.1, 0.15) is 23.1 Å². The molecule has 20 heavy (non-hydrogen) atoms. The second-order valence-corrected chi connectivity index (χ2v) is 5.13. The van der Waals surface area contributed by atoms with Crippen molar-refractivity contribution in [1.29, 1.82) is 0 Å². The Bertz CT molecular complexity index is 507. The molecule has 1 N–H and O–H groups in total. The highest BCUT2D eigenvalue weighted by atomic mass is 16.1. The molecular weight excluding hydrogens is 248 g/mol. The molecule has 2 aromatic rings. The van der Waals surface area contributed by atoms with Crippen molar-refractivity contribution in [3.05, 3.63) is 65.5 Å². The largest absolute Gasteiger partial charge is 0.352 e. The van der Waals surface area contributed by atoms with E-state index in [0.29, 0.717) is 19.5 Å². The van der Waals surface area contributed by atoms with Crippen LogP contribution in [0.15, 0.2) is 48.8 Å². The van der Waals surface area contributed by atoms with Gasteiger partial charge in [0.15, 0.2) is 18.9 Å². The van der Waals surface area contributed by atoms with Gasteiger partial charge in [-0.3, -0.25) is 4.79 Å². The molecule has 1 amide bonds. The van der Waals surface area contributed by atoms with Gasteiger partial charge in [0.05, 0.1) is 6.42 Å². The third-order valence-corrected chi connectivity index (χ3v) is 3.27. The number of nitrogens with zero attached hydrogens (tertiary/aromatic N) is 1. The number of hydrogen-bond donors (Lipinski definition) is 1. The summed E-state index contributed by atoms with van der Waals surface area (Å²) in [7, 11) is 0. The molecule has 1 aromatic heterocycles. The second kappa shape index (κ2) is 6.85.